The third-order valence-corrected chi connectivity index (χ3v) is 6.75. The molecule has 1 aromatic rings. The highest BCUT2D eigenvalue weighted by molar-refractivity contribution is 5.98. The molecule has 2 N–H and O–H groups in total. The predicted molar refractivity (Wildman–Crippen MR) is 111 cm³/mol. The van der Waals surface area contributed by atoms with Crippen LogP contribution in [0.1, 0.15) is 24.8 Å². The van der Waals surface area contributed by atoms with Crippen molar-refractivity contribution in [1.82, 2.24) is 9.80 Å². The minimum atomic E-state index is -1.13. The van der Waals surface area contributed by atoms with Crippen LogP contribution in [0.15, 0.2) is 43.0 Å². The van der Waals surface area contributed by atoms with Crippen LogP contribution in [-0.4, -0.2) is 75.2 Å². The van der Waals surface area contributed by atoms with Crippen LogP contribution in [0.2, 0.25) is 0 Å². The standard InChI is InChI=1S/C23H28N2O6/c1-2-11-24(14-15-7-4-3-5-8-15)21(28)19-23-10-9-16(31-23)17(22(29)30)18(23)20(27)25(19)12-6-13-26/h2-5,7-8,16-19,26H,1,6,9-14H2,(H,29,30)/t16-,17+,18-,19?,23?/m0/s1. The second-order valence-electron chi connectivity index (χ2n) is 8.50. The molecule has 0 saturated carbocycles. The van der Waals surface area contributed by atoms with E-state index >= 15 is 0 Å². The van der Waals surface area contributed by atoms with Crippen molar-refractivity contribution in [2.75, 3.05) is 19.7 Å². The molecule has 0 aliphatic carbocycles. The number of hydrogen-bond donors (Lipinski definition) is 2. The molecule has 2 amide bonds. The van der Waals surface area contributed by atoms with Gasteiger partial charge in [0.05, 0.1) is 17.9 Å². The van der Waals surface area contributed by atoms with E-state index in [1.165, 1.54) is 4.90 Å². The monoisotopic (exact) mass is 428 g/mol. The predicted octanol–water partition coefficient (Wildman–Crippen LogP) is 1.04. The summed E-state index contributed by atoms with van der Waals surface area (Å²) in [6.45, 7) is 4.45. The first-order chi connectivity index (χ1) is 14.9. The first kappa shape index (κ1) is 21.5. The number of rotatable bonds is 9. The molecule has 3 aliphatic heterocycles. The van der Waals surface area contributed by atoms with Crippen LogP contribution >= 0.6 is 0 Å². The third-order valence-electron chi connectivity index (χ3n) is 6.75. The summed E-state index contributed by atoms with van der Waals surface area (Å²) >= 11 is 0. The van der Waals surface area contributed by atoms with Gasteiger partial charge in [0, 0.05) is 26.2 Å². The number of hydrogen-bond acceptors (Lipinski definition) is 5. The van der Waals surface area contributed by atoms with Crippen molar-refractivity contribution in [2.45, 2.75) is 43.6 Å². The summed E-state index contributed by atoms with van der Waals surface area (Å²) in [5.74, 6) is -3.52. The Bertz CT molecular complexity index is 874. The normalized spacial score (nSPS) is 31.0. The molecule has 8 heteroatoms. The van der Waals surface area contributed by atoms with Gasteiger partial charge in [-0.1, -0.05) is 36.4 Å². The molecular weight excluding hydrogens is 400 g/mol. The van der Waals surface area contributed by atoms with Crippen LogP contribution in [0.25, 0.3) is 0 Å². The Labute approximate surface area is 181 Å². The molecule has 0 radical (unpaired) electrons. The number of carboxylic acid groups (broad SMARTS) is 1. The molecule has 3 saturated heterocycles. The molecule has 0 aromatic heterocycles. The summed E-state index contributed by atoms with van der Waals surface area (Å²) < 4.78 is 6.17. The number of ether oxygens (including phenoxy) is 1. The number of likely N-dealkylation sites (tertiary alicyclic amines) is 1. The van der Waals surface area contributed by atoms with Gasteiger partial charge in [-0.25, -0.2) is 0 Å². The highest BCUT2D eigenvalue weighted by Crippen LogP contribution is 2.58. The van der Waals surface area contributed by atoms with Crippen LogP contribution in [-0.2, 0) is 25.7 Å². The Kier molecular flexibility index (Phi) is 5.85. The van der Waals surface area contributed by atoms with Gasteiger partial charge in [-0.3, -0.25) is 14.4 Å². The first-order valence-electron chi connectivity index (χ1n) is 10.7. The Balaban J connectivity index is 1.70. The van der Waals surface area contributed by atoms with E-state index in [4.69, 9.17) is 4.74 Å². The highest BCUT2D eigenvalue weighted by Gasteiger charge is 2.74. The molecule has 3 heterocycles. The Hall–Kier alpha value is -2.71. The zero-order valence-corrected chi connectivity index (χ0v) is 17.4. The average Bonchev–Trinajstić information content (AvgIpc) is 3.39. The average molecular weight is 428 g/mol. The van der Waals surface area contributed by atoms with Crippen molar-refractivity contribution in [2.24, 2.45) is 11.8 Å². The number of carbonyl (C=O) groups excluding carboxylic acids is 2. The van der Waals surface area contributed by atoms with Gasteiger partial charge in [0.2, 0.25) is 11.8 Å². The SMILES string of the molecule is C=CCN(Cc1ccccc1)C(=O)C1N(CCCO)C(=O)[C@@H]2[C@H](C(=O)O)[C@@H]3CCC12O3. The first-order valence-corrected chi connectivity index (χ1v) is 10.7. The summed E-state index contributed by atoms with van der Waals surface area (Å²) in [4.78, 5) is 42.2. The van der Waals surface area contributed by atoms with E-state index < -0.39 is 35.6 Å². The van der Waals surface area contributed by atoms with Crippen molar-refractivity contribution in [3.05, 3.63) is 48.6 Å². The van der Waals surface area contributed by atoms with Gasteiger partial charge in [-0.15, -0.1) is 6.58 Å². The van der Waals surface area contributed by atoms with Gasteiger partial charge < -0.3 is 24.7 Å². The zero-order valence-electron chi connectivity index (χ0n) is 17.4. The van der Waals surface area contributed by atoms with E-state index in [1.807, 2.05) is 30.3 Å². The minimum absolute atomic E-state index is 0.130. The lowest BCUT2D eigenvalue weighted by molar-refractivity contribution is -0.151. The van der Waals surface area contributed by atoms with Gasteiger partial charge in [0.1, 0.15) is 11.6 Å². The maximum atomic E-state index is 13.9. The van der Waals surface area contributed by atoms with E-state index in [1.54, 1.807) is 11.0 Å². The molecule has 3 fully saturated rings. The lowest BCUT2D eigenvalue weighted by atomic mass is 9.70. The molecule has 4 rings (SSSR count). The van der Waals surface area contributed by atoms with E-state index in [0.717, 1.165) is 5.56 Å². The van der Waals surface area contributed by atoms with Crippen LogP contribution in [0.4, 0.5) is 0 Å². The second-order valence-corrected chi connectivity index (χ2v) is 8.50. The lowest BCUT2D eigenvalue weighted by Crippen LogP contribution is -2.56. The number of benzene rings is 1. The fraction of sp³-hybridized carbons (Fsp3) is 0.522. The summed E-state index contributed by atoms with van der Waals surface area (Å²) in [5.41, 5.74) is -0.189. The molecule has 2 bridgehead atoms. The second kappa shape index (κ2) is 8.43. The molecule has 31 heavy (non-hydrogen) atoms. The number of carbonyl (C=O) groups is 3. The quantitative estimate of drug-likeness (QED) is 0.569. The van der Waals surface area contributed by atoms with Crippen LogP contribution in [0, 0.1) is 11.8 Å². The topological polar surface area (TPSA) is 107 Å². The zero-order chi connectivity index (χ0) is 22.2. The molecule has 5 atom stereocenters. The Morgan fingerprint density at radius 3 is 2.71 bits per heavy atom. The van der Waals surface area contributed by atoms with Gasteiger partial charge >= 0.3 is 5.97 Å². The highest BCUT2D eigenvalue weighted by atomic mass is 16.5. The number of aliphatic carboxylic acids is 1. The van der Waals surface area contributed by atoms with Crippen molar-refractivity contribution in [1.29, 1.82) is 0 Å². The lowest BCUT2D eigenvalue weighted by Gasteiger charge is -2.36. The molecule has 2 unspecified atom stereocenters. The summed E-state index contributed by atoms with van der Waals surface area (Å²) in [6.07, 6.45) is 2.37. The van der Waals surface area contributed by atoms with Crippen molar-refractivity contribution < 1.29 is 29.3 Å². The number of carboxylic acids is 1. The van der Waals surface area contributed by atoms with Gasteiger partial charge in [0.25, 0.3) is 0 Å². The number of amides is 2. The van der Waals surface area contributed by atoms with Crippen LogP contribution in [0.5, 0.6) is 0 Å². The van der Waals surface area contributed by atoms with E-state index in [9.17, 15) is 24.6 Å². The van der Waals surface area contributed by atoms with Gasteiger partial charge in [-0.2, -0.15) is 0 Å². The number of aliphatic hydroxyl groups is 1. The van der Waals surface area contributed by atoms with E-state index in [0.29, 0.717) is 32.4 Å². The third kappa shape index (κ3) is 3.43. The summed E-state index contributed by atoms with van der Waals surface area (Å²) in [6, 6.07) is 8.63. The number of nitrogens with zero attached hydrogens (tertiary/aromatic N) is 2. The fourth-order valence-electron chi connectivity index (χ4n) is 5.56. The maximum absolute atomic E-state index is 13.9. The van der Waals surface area contributed by atoms with Crippen LogP contribution < -0.4 is 0 Å². The summed E-state index contributed by atoms with van der Waals surface area (Å²) in [5, 5.41) is 19.1. The Morgan fingerprint density at radius 2 is 2.06 bits per heavy atom. The molecule has 1 spiro atoms. The van der Waals surface area contributed by atoms with Gasteiger partial charge in [0.15, 0.2) is 0 Å². The molecule has 166 valence electrons. The van der Waals surface area contributed by atoms with Crippen LogP contribution in [0.3, 0.4) is 0 Å². The molecule has 3 aliphatic rings. The fourth-order valence-corrected chi connectivity index (χ4v) is 5.56. The van der Waals surface area contributed by atoms with Crippen molar-refractivity contribution in [3.8, 4) is 0 Å². The minimum Gasteiger partial charge on any atom is -0.481 e. The molecular formula is C23H28N2O6. The maximum Gasteiger partial charge on any atom is 0.310 e. The van der Waals surface area contributed by atoms with E-state index in [-0.39, 0.29) is 25.0 Å². The van der Waals surface area contributed by atoms with Crippen molar-refractivity contribution >= 4 is 17.8 Å². The summed E-state index contributed by atoms with van der Waals surface area (Å²) in [7, 11) is 0. The largest absolute Gasteiger partial charge is 0.481 e. The Morgan fingerprint density at radius 1 is 1.32 bits per heavy atom. The smallest absolute Gasteiger partial charge is 0.310 e. The number of aliphatic hydroxyl groups excluding tert-OH is 1. The van der Waals surface area contributed by atoms with E-state index in [2.05, 4.69) is 6.58 Å². The van der Waals surface area contributed by atoms with Gasteiger partial charge in [-0.05, 0) is 24.8 Å². The number of fused-ring (bicyclic) bond motifs is 1. The molecule has 1 aromatic carbocycles. The molecule has 8 nitrogen and oxygen atoms in total. The van der Waals surface area contributed by atoms with Crippen molar-refractivity contribution in [3.63, 3.8) is 0 Å².